The van der Waals surface area contributed by atoms with Crippen LogP contribution >= 0.6 is 24.0 Å². The Labute approximate surface area is 162 Å². The summed E-state index contributed by atoms with van der Waals surface area (Å²) in [5.74, 6) is 1.19. The van der Waals surface area contributed by atoms with Crippen molar-refractivity contribution < 1.29 is 0 Å². The number of hydrogen-bond donors (Lipinski definition) is 0. The summed E-state index contributed by atoms with van der Waals surface area (Å²) >= 11 is 7.11. The average molecular weight is 374 g/mol. The van der Waals surface area contributed by atoms with Crippen LogP contribution in [0.2, 0.25) is 0 Å². The minimum absolute atomic E-state index is 1.02. The van der Waals surface area contributed by atoms with Gasteiger partial charge in [0.15, 0.2) is 0 Å². The molecule has 0 aromatic heterocycles. The van der Waals surface area contributed by atoms with Crippen molar-refractivity contribution in [2.75, 3.05) is 19.8 Å². The first-order valence-corrected chi connectivity index (χ1v) is 11.9. The molecule has 0 aliphatic heterocycles. The van der Waals surface area contributed by atoms with E-state index in [9.17, 15) is 0 Å². The van der Waals surface area contributed by atoms with Crippen LogP contribution in [-0.2, 0) is 0 Å². The Bertz CT molecular complexity index is 267. The molecule has 24 heavy (non-hydrogen) atoms. The monoisotopic (exact) mass is 373 g/mol. The fourth-order valence-electron chi connectivity index (χ4n) is 2.94. The van der Waals surface area contributed by atoms with E-state index >= 15 is 0 Å². The zero-order valence-corrected chi connectivity index (χ0v) is 18.4. The number of unbranched alkanes of at least 4 members (excludes halogenated alkanes) is 15. The van der Waals surface area contributed by atoms with E-state index in [0.717, 1.165) is 4.32 Å². The van der Waals surface area contributed by atoms with Gasteiger partial charge in [-0.15, -0.1) is 0 Å². The van der Waals surface area contributed by atoms with Crippen molar-refractivity contribution in [2.24, 2.45) is 0 Å². The third-order valence-corrected chi connectivity index (χ3v) is 6.41. The molecule has 0 saturated heterocycles. The van der Waals surface area contributed by atoms with E-state index in [0.29, 0.717) is 0 Å². The lowest BCUT2D eigenvalue weighted by Crippen LogP contribution is -2.16. The van der Waals surface area contributed by atoms with Gasteiger partial charge in [0.1, 0.15) is 4.32 Å². The van der Waals surface area contributed by atoms with Crippen molar-refractivity contribution in [3.8, 4) is 0 Å². The Morgan fingerprint density at radius 2 is 0.958 bits per heavy atom. The van der Waals surface area contributed by atoms with Gasteiger partial charge in [-0.25, -0.2) is 0 Å². The van der Waals surface area contributed by atoms with Gasteiger partial charge >= 0.3 is 0 Å². The van der Waals surface area contributed by atoms with Crippen molar-refractivity contribution >= 4 is 28.3 Å². The van der Waals surface area contributed by atoms with Crippen LogP contribution in [0.4, 0.5) is 0 Å². The van der Waals surface area contributed by atoms with E-state index in [4.69, 9.17) is 12.2 Å². The minimum atomic E-state index is 1.02. The molecule has 0 amide bonds. The standard InChI is InChI=1S/C21H43NS2/c1-4-5-6-7-8-9-10-11-12-13-14-15-16-17-18-19-20-24-21(23)22(2)3/h4-20H2,1-3H3. The molecule has 0 aromatic carbocycles. The van der Waals surface area contributed by atoms with E-state index in [1.54, 1.807) is 0 Å². The summed E-state index contributed by atoms with van der Waals surface area (Å²) in [5, 5.41) is 0. The summed E-state index contributed by atoms with van der Waals surface area (Å²) in [7, 11) is 4.06. The van der Waals surface area contributed by atoms with Gasteiger partial charge in [-0.1, -0.05) is 127 Å². The molecule has 0 N–H and O–H groups in total. The zero-order chi connectivity index (χ0) is 17.9. The molecule has 0 aliphatic carbocycles. The van der Waals surface area contributed by atoms with E-state index in [1.807, 2.05) is 30.8 Å². The van der Waals surface area contributed by atoms with Crippen LogP contribution in [0.15, 0.2) is 0 Å². The Balaban J connectivity index is 3.04. The molecule has 0 saturated carbocycles. The molecule has 0 bridgehead atoms. The number of hydrogen-bond acceptors (Lipinski definition) is 2. The van der Waals surface area contributed by atoms with Crippen LogP contribution in [0.1, 0.15) is 110 Å². The topological polar surface area (TPSA) is 3.24 Å². The second kappa shape index (κ2) is 19.6. The first-order valence-electron chi connectivity index (χ1n) is 10.5. The second-order valence-electron chi connectivity index (χ2n) is 7.31. The van der Waals surface area contributed by atoms with Gasteiger partial charge in [0.05, 0.1) is 0 Å². The second-order valence-corrected chi connectivity index (χ2v) is 9.04. The highest BCUT2D eigenvalue weighted by Crippen LogP contribution is 2.15. The van der Waals surface area contributed by atoms with Gasteiger partial charge < -0.3 is 4.90 Å². The maximum absolute atomic E-state index is 5.28. The van der Waals surface area contributed by atoms with Crippen LogP contribution in [0.5, 0.6) is 0 Å². The van der Waals surface area contributed by atoms with E-state index in [2.05, 4.69) is 6.92 Å². The Kier molecular flexibility index (Phi) is 19.8. The van der Waals surface area contributed by atoms with Gasteiger partial charge in [-0.05, 0) is 6.42 Å². The third-order valence-electron chi connectivity index (χ3n) is 4.59. The lowest BCUT2D eigenvalue weighted by molar-refractivity contribution is 0.532. The van der Waals surface area contributed by atoms with E-state index < -0.39 is 0 Å². The van der Waals surface area contributed by atoms with Crippen LogP contribution in [0, 0.1) is 0 Å². The Morgan fingerprint density at radius 3 is 1.29 bits per heavy atom. The molecule has 0 atom stereocenters. The van der Waals surface area contributed by atoms with Crippen molar-refractivity contribution in [3.63, 3.8) is 0 Å². The molecule has 3 heteroatoms. The van der Waals surface area contributed by atoms with Gasteiger partial charge in [0.25, 0.3) is 0 Å². The van der Waals surface area contributed by atoms with Crippen molar-refractivity contribution in [2.45, 2.75) is 110 Å². The quantitative estimate of drug-likeness (QED) is 0.189. The number of rotatable bonds is 17. The molecule has 1 nitrogen and oxygen atoms in total. The number of thiocarbonyl (C=S) groups is 1. The van der Waals surface area contributed by atoms with E-state index in [1.165, 1.54) is 108 Å². The molecule has 144 valence electrons. The zero-order valence-electron chi connectivity index (χ0n) is 16.8. The summed E-state index contributed by atoms with van der Waals surface area (Å²) in [4.78, 5) is 2.03. The predicted molar refractivity (Wildman–Crippen MR) is 118 cm³/mol. The molecule has 0 unspecified atom stereocenters. The van der Waals surface area contributed by atoms with Crippen LogP contribution in [0.3, 0.4) is 0 Å². The summed E-state index contributed by atoms with van der Waals surface area (Å²) in [6.07, 6.45) is 23.0. The highest BCUT2D eigenvalue weighted by Gasteiger charge is 1.99. The van der Waals surface area contributed by atoms with Crippen LogP contribution in [-0.4, -0.2) is 29.1 Å². The first kappa shape index (κ1) is 24.2. The van der Waals surface area contributed by atoms with Gasteiger partial charge in [-0.3, -0.25) is 0 Å². The number of nitrogens with zero attached hydrogens (tertiary/aromatic N) is 1. The van der Waals surface area contributed by atoms with Gasteiger partial charge in [0, 0.05) is 19.8 Å². The van der Waals surface area contributed by atoms with Crippen molar-refractivity contribution in [1.29, 1.82) is 0 Å². The molecule has 0 rings (SSSR count). The first-order chi connectivity index (χ1) is 11.7. The summed E-state index contributed by atoms with van der Waals surface area (Å²) in [6.45, 7) is 2.29. The lowest BCUT2D eigenvalue weighted by atomic mass is 10.0. The van der Waals surface area contributed by atoms with E-state index in [-0.39, 0.29) is 0 Å². The molecule has 0 aliphatic rings. The summed E-state index contributed by atoms with van der Waals surface area (Å²) in [5.41, 5.74) is 0. The highest BCUT2D eigenvalue weighted by molar-refractivity contribution is 8.22. The smallest absolute Gasteiger partial charge is 0.135 e. The molecule has 0 heterocycles. The Hall–Kier alpha value is 0.240. The number of thioether (sulfide) groups is 1. The minimum Gasteiger partial charge on any atom is -0.364 e. The molecule has 0 fully saturated rings. The maximum atomic E-state index is 5.28. The van der Waals surface area contributed by atoms with Crippen molar-refractivity contribution in [3.05, 3.63) is 0 Å². The van der Waals surface area contributed by atoms with Gasteiger partial charge in [0.2, 0.25) is 0 Å². The fourth-order valence-corrected chi connectivity index (χ4v) is 3.97. The third kappa shape index (κ3) is 18.6. The highest BCUT2D eigenvalue weighted by atomic mass is 32.2. The summed E-state index contributed by atoms with van der Waals surface area (Å²) < 4.78 is 1.02. The predicted octanol–water partition coefficient (Wildman–Crippen LogP) is 7.83. The Morgan fingerprint density at radius 1 is 0.625 bits per heavy atom. The van der Waals surface area contributed by atoms with Crippen molar-refractivity contribution in [1.82, 2.24) is 4.90 Å². The summed E-state index contributed by atoms with van der Waals surface area (Å²) in [6, 6.07) is 0. The average Bonchev–Trinajstić information content (AvgIpc) is 2.57. The lowest BCUT2D eigenvalue weighted by Gasteiger charge is -2.12. The molecule has 0 radical (unpaired) electrons. The molecular weight excluding hydrogens is 330 g/mol. The van der Waals surface area contributed by atoms with Crippen LogP contribution in [0.25, 0.3) is 0 Å². The molecule has 0 aromatic rings. The van der Waals surface area contributed by atoms with Gasteiger partial charge in [-0.2, -0.15) is 0 Å². The molecular formula is C21H43NS2. The normalized spacial score (nSPS) is 11.0. The fraction of sp³-hybridized carbons (Fsp3) is 0.952. The maximum Gasteiger partial charge on any atom is 0.135 e. The SMILES string of the molecule is CCCCCCCCCCCCCCCCCCSC(=S)N(C)C. The van der Waals surface area contributed by atoms with Crippen LogP contribution < -0.4 is 0 Å². The largest absolute Gasteiger partial charge is 0.364 e. The molecule has 0 spiro atoms.